The van der Waals surface area contributed by atoms with Gasteiger partial charge in [-0.25, -0.2) is 0 Å². The number of nitrogens with zero attached hydrogens (tertiary/aromatic N) is 3. The Labute approximate surface area is 182 Å². The van der Waals surface area contributed by atoms with Crippen LogP contribution in [-0.4, -0.2) is 20.2 Å². The first-order chi connectivity index (χ1) is 14.6. The highest BCUT2D eigenvalue weighted by molar-refractivity contribution is 5.88. The van der Waals surface area contributed by atoms with Crippen LogP contribution < -0.4 is 10.9 Å². The smallest absolute Gasteiger partial charge is 0.255 e. The van der Waals surface area contributed by atoms with Gasteiger partial charge < -0.3 is 9.88 Å². The average Bonchev–Trinajstić information content (AvgIpc) is 3.27. The Morgan fingerprint density at radius 1 is 1.06 bits per heavy atom. The van der Waals surface area contributed by atoms with Gasteiger partial charge in [-0.2, -0.15) is 0 Å². The zero-order valence-electron chi connectivity index (χ0n) is 17.2. The van der Waals surface area contributed by atoms with Crippen LogP contribution in [0.2, 0.25) is 0 Å². The number of hydrogen-bond acceptors (Lipinski definition) is 3. The van der Waals surface area contributed by atoms with Gasteiger partial charge in [0.05, 0.1) is 11.2 Å². The number of aryl methyl sites for hydroxylation is 2. The fourth-order valence-electron chi connectivity index (χ4n) is 5.24. The molecule has 0 amide bonds. The third-order valence-electron chi connectivity index (χ3n) is 6.82. The first kappa shape index (κ1) is 19.8. The van der Waals surface area contributed by atoms with Crippen LogP contribution >= 0.6 is 0 Å². The predicted octanol–water partition coefficient (Wildman–Crippen LogP) is 4.68. The lowest BCUT2D eigenvalue weighted by atomic mass is 9.99. The normalized spacial score (nSPS) is 19.3. The molecule has 2 aliphatic rings. The Balaban J connectivity index is 0.00000204. The monoisotopic (exact) mass is 412 g/mol. The van der Waals surface area contributed by atoms with Crippen LogP contribution in [0.25, 0.3) is 27.7 Å². The zero-order valence-corrected chi connectivity index (χ0v) is 17.2. The molecular weight excluding hydrogens is 384 g/mol. The van der Waals surface area contributed by atoms with Gasteiger partial charge in [-0.3, -0.25) is 14.3 Å². The summed E-state index contributed by atoms with van der Waals surface area (Å²) in [6, 6.07) is 15.1. The lowest BCUT2D eigenvalue weighted by Crippen LogP contribution is -2.32. The van der Waals surface area contributed by atoms with E-state index in [1.54, 1.807) is 10.6 Å². The van der Waals surface area contributed by atoms with Gasteiger partial charge in [-0.05, 0) is 55.2 Å². The van der Waals surface area contributed by atoms with E-state index in [1.165, 1.54) is 35.0 Å². The SMILES string of the molecule is C.Cc1ccc(-c2ccn(-c3ccc4c5c(n(C)c4c3)CC3CCC5N3)c(=O)c2)cn1. The first-order valence-electron chi connectivity index (χ1n) is 10.6. The molecule has 1 aromatic carbocycles. The van der Waals surface area contributed by atoms with Gasteiger partial charge in [-0.1, -0.05) is 19.6 Å². The van der Waals surface area contributed by atoms with Crippen LogP contribution in [0, 0.1) is 6.92 Å². The second-order valence-corrected chi connectivity index (χ2v) is 8.63. The minimum absolute atomic E-state index is 0. The van der Waals surface area contributed by atoms with E-state index in [-0.39, 0.29) is 13.0 Å². The molecule has 0 radical (unpaired) electrons. The number of pyridine rings is 2. The molecule has 5 heterocycles. The van der Waals surface area contributed by atoms with E-state index in [9.17, 15) is 4.79 Å². The summed E-state index contributed by atoms with van der Waals surface area (Å²) in [5.41, 5.74) is 7.79. The number of fused-ring (bicyclic) bond motifs is 6. The molecule has 158 valence electrons. The zero-order chi connectivity index (χ0) is 20.4. The Kier molecular flexibility index (Phi) is 4.59. The van der Waals surface area contributed by atoms with Crippen molar-refractivity contribution in [3.63, 3.8) is 0 Å². The first-order valence-corrected chi connectivity index (χ1v) is 10.6. The van der Waals surface area contributed by atoms with Crippen molar-refractivity contribution >= 4 is 10.9 Å². The van der Waals surface area contributed by atoms with E-state index in [4.69, 9.17) is 0 Å². The van der Waals surface area contributed by atoms with Crippen LogP contribution in [0.15, 0.2) is 59.7 Å². The Morgan fingerprint density at radius 2 is 1.94 bits per heavy atom. The van der Waals surface area contributed by atoms with Crippen LogP contribution in [0.1, 0.15) is 43.3 Å². The molecular formula is C26H28N4O. The fraction of sp³-hybridized carbons (Fsp3) is 0.308. The van der Waals surface area contributed by atoms with E-state index in [0.717, 1.165) is 28.9 Å². The maximum Gasteiger partial charge on any atom is 0.255 e. The Hall–Kier alpha value is -3.18. The van der Waals surface area contributed by atoms with Gasteiger partial charge in [0, 0.05) is 66.3 Å². The highest BCUT2D eigenvalue weighted by Crippen LogP contribution is 2.41. The molecule has 6 rings (SSSR count). The summed E-state index contributed by atoms with van der Waals surface area (Å²) >= 11 is 0. The third-order valence-corrected chi connectivity index (χ3v) is 6.82. The quantitative estimate of drug-likeness (QED) is 0.520. The highest BCUT2D eigenvalue weighted by atomic mass is 16.1. The average molecular weight is 413 g/mol. The van der Waals surface area contributed by atoms with E-state index in [0.29, 0.717) is 12.1 Å². The van der Waals surface area contributed by atoms with E-state index in [2.05, 4.69) is 40.1 Å². The summed E-state index contributed by atoms with van der Waals surface area (Å²) in [5.74, 6) is 0. The van der Waals surface area contributed by atoms with E-state index < -0.39 is 0 Å². The van der Waals surface area contributed by atoms with Crippen LogP contribution in [0.4, 0.5) is 0 Å². The molecule has 2 aliphatic heterocycles. The van der Waals surface area contributed by atoms with Crippen LogP contribution in [0.3, 0.4) is 0 Å². The minimum Gasteiger partial charge on any atom is -0.347 e. The fourth-order valence-corrected chi connectivity index (χ4v) is 5.24. The van der Waals surface area contributed by atoms with Crippen molar-refractivity contribution in [1.29, 1.82) is 0 Å². The molecule has 4 aromatic rings. The summed E-state index contributed by atoms with van der Waals surface area (Å²) in [6.07, 6.45) is 7.25. The van der Waals surface area contributed by atoms with Crippen LogP contribution in [0.5, 0.6) is 0 Å². The maximum absolute atomic E-state index is 12.9. The number of nitrogens with one attached hydrogen (secondary N) is 1. The molecule has 0 saturated carbocycles. The lowest BCUT2D eigenvalue weighted by Gasteiger charge is -2.23. The van der Waals surface area contributed by atoms with Crippen molar-refractivity contribution in [3.05, 3.63) is 82.2 Å². The lowest BCUT2D eigenvalue weighted by molar-refractivity contribution is 0.504. The summed E-state index contributed by atoms with van der Waals surface area (Å²) in [4.78, 5) is 17.3. The molecule has 1 fully saturated rings. The number of benzene rings is 1. The number of rotatable bonds is 2. The summed E-state index contributed by atoms with van der Waals surface area (Å²) in [6.45, 7) is 1.96. The molecule has 1 N–H and O–H groups in total. The van der Waals surface area contributed by atoms with Crippen molar-refractivity contribution in [2.75, 3.05) is 0 Å². The van der Waals surface area contributed by atoms with Gasteiger partial charge >= 0.3 is 0 Å². The number of hydrogen-bond donors (Lipinski definition) is 1. The van der Waals surface area contributed by atoms with Crippen molar-refractivity contribution in [2.45, 2.75) is 45.7 Å². The van der Waals surface area contributed by atoms with Gasteiger partial charge in [0.15, 0.2) is 0 Å². The molecule has 0 spiro atoms. The third kappa shape index (κ3) is 3.03. The Bertz CT molecular complexity index is 1350. The van der Waals surface area contributed by atoms with Crippen molar-refractivity contribution < 1.29 is 0 Å². The predicted molar refractivity (Wildman–Crippen MR) is 126 cm³/mol. The molecule has 1 saturated heterocycles. The molecule has 0 aliphatic carbocycles. The van der Waals surface area contributed by atoms with Gasteiger partial charge in [0.25, 0.3) is 5.56 Å². The van der Waals surface area contributed by atoms with Crippen molar-refractivity contribution in [2.24, 2.45) is 7.05 Å². The largest absolute Gasteiger partial charge is 0.347 e. The molecule has 5 nitrogen and oxygen atoms in total. The van der Waals surface area contributed by atoms with E-state index >= 15 is 0 Å². The Morgan fingerprint density at radius 3 is 2.71 bits per heavy atom. The number of aromatic nitrogens is 3. The molecule has 2 unspecified atom stereocenters. The van der Waals surface area contributed by atoms with Gasteiger partial charge in [0.1, 0.15) is 0 Å². The van der Waals surface area contributed by atoms with Gasteiger partial charge in [-0.15, -0.1) is 0 Å². The summed E-state index contributed by atoms with van der Waals surface area (Å²) in [7, 11) is 2.16. The topological polar surface area (TPSA) is 51.9 Å². The molecule has 2 bridgehead atoms. The standard InChI is InChI=1S/C25H24N4O.CH4/c1-15-3-4-17(14-26-15)16-9-10-29(24(30)11-16)19-6-7-20-22(13-19)28(2)23-12-18-5-8-21(27-18)25(20)23;/h3-4,6-7,9-11,13-14,18,21,27H,5,8,12H2,1-2H3;1H4. The second kappa shape index (κ2) is 7.20. The van der Waals surface area contributed by atoms with Crippen molar-refractivity contribution in [3.8, 4) is 16.8 Å². The van der Waals surface area contributed by atoms with Crippen molar-refractivity contribution in [1.82, 2.24) is 19.4 Å². The van der Waals surface area contributed by atoms with E-state index in [1.807, 2.05) is 37.5 Å². The highest BCUT2D eigenvalue weighted by Gasteiger charge is 2.35. The maximum atomic E-state index is 12.9. The van der Waals surface area contributed by atoms with Gasteiger partial charge in [0.2, 0.25) is 0 Å². The summed E-state index contributed by atoms with van der Waals surface area (Å²) in [5, 5.41) is 5.07. The molecule has 5 heteroatoms. The molecule has 2 atom stereocenters. The second-order valence-electron chi connectivity index (χ2n) is 8.63. The minimum atomic E-state index is -0.0351. The molecule has 3 aromatic heterocycles. The summed E-state index contributed by atoms with van der Waals surface area (Å²) < 4.78 is 4.05. The van der Waals surface area contributed by atoms with Crippen LogP contribution in [-0.2, 0) is 13.5 Å². The molecule has 31 heavy (non-hydrogen) atoms.